The minimum atomic E-state index is -1.13. The Morgan fingerprint density at radius 1 is 1.03 bits per heavy atom. The molecule has 1 aromatic carbocycles. The highest BCUT2D eigenvalue weighted by Gasteiger charge is 2.31. The molecule has 190 valence electrons. The number of benzene rings is 1. The van der Waals surface area contributed by atoms with Crippen molar-refractivity contribution < 1.29 is 42.1 Å². The maximum absolute atomic E-state index is 14.0. The molecule has 0 aliphatic rings. The van der Waals surface area contributed by atoms with Crippen molar-refractivity contribution in [3.63, 3.8) is 0 Å². The summed E-state index contributed by atoms with van der Waals surface area (Å²) in [5, 5.41) is 2.44. The molecular weight excluding hydrogens is 466 g/mol. The highest BCUT2D eigenvalue weighted by atomic mass is 19.1. The molecule has 0 aliphatic carbocycles. The van der Waals surface area contributed by atoms with E-state index in [0.29, 0.717) is 6.07 Å². The van der Waals surface area contributed by atoms with E-state index in [4.69, 9.17) is 18.9 Å². The molecular formula is C24H28F2N2O7. The molecule has 0 fully saturated rings. The van der Waals surface area contributed by atoms with E-state index in [1.807, 2.05) is 0 Å². The highest BCUT2D eigenvalue weighted by molar-refractivity contribution is 5.98. The molecule has 1 heterocycles. The molecule has 0 saturated carbocycles. The second-order valence-electron chi connectivity index (χ2n) is 8.02. The lowest BCUT2D eigenvalue weighted by Crippen LogP contribution is -2.45. The topological polar surface area (TPSA) is 113 Å². The first-order chi connectivity index (χ1) is 16.4. The average molecular weight is 494 g/mol. The van der Waals surface area contributed by atoms with Crippen molar-refractivity contribution in [2.24, 2.45) is 5.92 Å². The Hall–Kier alpha value is -3.76. The van der Waals surface area contributed by atoms with E-state index in [2.05, 4.69) is 10.3 Å². The lowest BCUT2D eigenvalue weighted by atomic mass is 10.0. The molecule has 0 radical (unpaired) electrons. The summed E-state index contributed by atoms with van der Waals surface area (Å²) in [6.45, 7) is 7.67. The summed E-state index contributed by atoms with van der Waals surface area (Å²) in [7, 11) is 1.33. The van der Waals surface area contributed by atoms with Crippen molar-refractivity contribution in [2.75, 3.05) is 7.11 Å². The van der Waals surface area contributed by atoms with Crippen LogP contribution in [0.1, 0.15) is 45.1 Å². The van der Waals surface area contributed by atoms with E-state index in [9.17, 15) is 23.2 Å². The first kappa shape index (κ1) is 27.5. The highest BCUT2D eigenvalue weighted by Crippen LogP contribution is 2.30. The van der Waals surface area contributed by atoms with Crippen LogP contribution in [0, 0.1) is 17.6 Å². The van der Waals surface area contributed by atoms with Crippen LogP contribution in [0.15, 0.2) is 30.5 Å². The van der Waals surface area contributed by atoms with Crippen LogP contribution >= 0.6 is 0 Å². The van der Waals surface area contributed by atoms with E-state index in [1.165, 1.54) is 26.3 Å². The van der Waals surface area contributed by atoms with Gasteiger partial charge in [0.25, 0.3) is 5.91 Å². The van der Waals surface area contributed by atoms with Gasteiger partial charge in [0.2, 0.25) is 5.75 Å². The maximum atomic E-state index is 14.0. The maximum Gasteiger partial charge on any atom is 0.328 e. The fraction of sp³-hybridized carbons (Fsp3) is 0.417. The van der Waals surface area contributed by atoms with E-state index >= 15 is 0 Å². The summed E-state index contributed by atoms with van der Waals surface area (Å²) in [4.78, 5) is 40.9. The number of pyridine rings is 1. The Balaban J connectivity index is 2.12. The molecule has 1 N–H and O–H groups in total. The minimum absolute atomic E-state index is 0.106. The Morgan fingerprint density at radius 2 is 1.71 bits per heavy atom. The fourth-order valence-electron chi connectivity index (χ4n) is 3.17. The normalized spacial score (nSPS) is 13.4. The van der Waals surface area contributed by atoms with Crippen molar-refractivity contribution in [2.45, 2.75) is 52.9 Å². The lowest BCUT2D eigenvalue weighted by Gasteiger charge is -2.29. The summed E-state index contributed by atoms with van der Waals surface area (Å²) < 4.78 is 48.4. The van der Waals surface area contributed by atoms with Gasteiger partial charge in [-0.3, -0.25) is 9.59 Å². The predicted molar refractivity (Wildman–Crippen MR) is 120 cm³/mol. The zero-order valence-corrected chi connectivity index (χ0v) is 20.3. The van der Waals surface area contributed by atoms with Crippen LogP contribution in [0.3, 0.4) is 0 Å². The van der Waals surface area contributed by atoms with Gasteiger partial charge in [0.15, 0.2) is 23.0 Å². The van der Waals surface area contributed by atoms with Gasteiger partial charge in [-0.2, -0.15) is 0 Å². The second-order valence-corrected chi connectivity index (χ2v) is 8.02. The molecule has 0 bridgehead atoms. The van der Waals surface area contributed by atoms with E-state index < -0.39 is 47.7 Å². The molecule has 11 heteroatoms. The van der Waals surface area contributed by atoms with Crippen LogP contribution < -0.4 is 19.5 Å². The molecule has 0 saturated heterocycles. The first-order valence-electron chi connectivity index (χ1n) is 10.8. The standard InChI is InChI=1S/C24H28F2N2O7/c1-12(2)21(14(4)33-18-8-7-16(25)11-17(18)26)35-24(31)13(3)28-23(30)20-22(34-15(5)29)19(32-6)9-10-27-20/h7-14,21H,1-6H3,(H,28,30)/t13-,14-,21?/m0/s1. The smallest absolute Gasteiger partial charge is 0.328 e. The van der Waals surface area contributed by atoms with Crippen LogP contribution in [0.5, 0.6) is 17.2 Å². The third kappa shape index (κ3) is 7.36. The van der Waals surface area contributed by atoms with Crippen molar-refractivity contribution >= 4 is 17.8 Å². The van der Waals surface area contributed by atoms with Crippen molar-refractivity contribution in [3.05, 3.63) is 47.8 Å². The summed E-state index contributed by atoms with van der Waals surface area (Å²) in [6, 6.07) is 3.16. The number of aromatic nitrogens is 1. The molecule has 35 heavy (non-hydrogen) atoms. The molecule has 2 aromatic rings. The van der Waals surface area contributed by atoms with Gasteiger partial charge in [-0.05, 0) is 31.9 Å². The molecule has 9 nitrogen and oxygen atoms in total. The van der Waals surface area contributed by atoms with Gasteiger partial charge in [-0.1, -0.05) is 13.8 Å². The molecule has 1 amide bonds. The number of esters is 2. The third-order valence-corrected chi connectivity index (χ3v) is 4.83. The third-order valence-electron chi connectivity index (χ3n) is 4.83. The zero-order valence-electron chi connectivity index (χ0n) is 20.3. The lowest BCUT2D eigenvalue weighted by molar-refractivity contribution is -0.158. The van der Waals surface area contributed by atoms with Crippen LogP contribution in [0.4, 0.5) is 8.78 Å². The average Bonchev–Trinajstić information content (AvgIpc) is 2.78. The van der Waals surface area contributed by atoms with Gasteiger partial charge in [0.1, 0.15) is 24.1 Å². The van der Waals surface area contributed by atoms with Crippen molar-refractivity contribution in [1.82, 2.24) is 10.3 Å². The number of methoxy groups -OCH3 is 1. The fourth-order valence-corrected chi connectivity index (χ4v) is 3.17. The van der Waals surface area contributed by atoms with Gasteiger partial charge in [0, 0.05) is 25.3 Å². The number of carbonyl (C=O) groups is 3. The van der Waals surface area contributed by atoms with Gasteiger partial charge in [-0.15, -0.1) is 0 Å². The van der Waals surface area contributed by atoms with Crippen LogP contribution in [0.25, 0.3) is 0 Å². The van der Waals surface area contributed by atoms with E-state index in [-0.39, 0.29) is 28.9 Å². The number of ether oxygens (including phenoxy) is 4. The molecule has 2 rings (SSSR count). The number of nitrogens with zero attached hydrogens (tertiary/aromatic N) is 1. The number of halogens is 2. The second kappa shape index (κ2) is 12.1. The zero-order chi connectivity index (χ0) is 26.3. The van der Waals surface area contributed by atoms with Gasteiger partial charge in [-0.25, -0.2) is 18.6 Å². The summed E-state index contributed by atoms with van der Waals surface area (Å²) in [5.41, 5.74) is -0.261. The summed E-state index contributed by atoms with van der Waals surface area (Å²) >= 11 is 0. The molecule has 1 aromatic heterocycles. The van der Waals surface area contributed by atoms with E-state index in [0.717, 1.165) is 19.1 Å². The number of amides is 1. The largest absolute Gasteiger partial charge is 0.493 e. The van der Waals surface area contributed by atoms with Gasteiger partial charge < -0.3 is 24.3 Å². The summed E-state index contributed by atoms with van der Waals surface area (Å²) in [5.74, 6) is -4.43. The molecule has 0 aliphatic heterocycles. The predicted octanol–water partition coefficient (Wildman–Crippen LogP) is 3.45. The number of hydrogen-bond donors (Lipinski definition) is 1. The molecule has 0 spiro atoms. The minimum Gasteiger partial charge on any atom is -0.493 e. The summed E-state index contributed by atoms with van der Waals surface area (Å²) in [6.07, 6.45) is -0.332. The quantitative estimate of drug-likeness (QED) is 0.500. The number of rotatable bonds is 10. The van der Waals surface area contributed by atoms with Crippen LogP contribution in [-0.4, -0.2) is 48.2 Å². The Bertz CT molecular complexity index is 1080. The van der Waals surface area contributed by atoms with Crippen molar-refractivity contribution in [1.29, 1.82) is 0 Å². The monoisotopic (exact) mass is 494 g/mol. The molecule has 1 unspecified atom stereocenters. The SMILES string of the molecule is COc1ccnc(C(=O)N[C@@H](C)C(=O)OC(C(C)C)[C@H](C)Oc2ccc(F)cc2F)c1OC(C)=O. The Kier molecular flexibility index (Phi) is 9.50. The van der Waals surface area contributed by atoms with E-state index in [1.54, 1.807) is 20.8 Å². The van der Waals surface area contributed by atoms with Gasteiger partial charge >= 0.3 is 11.9 Å². The Labute approximate surface area is 201 Å². The van der Waals surface area contributed by atoms with Crippen LogP contribution in [-0.2, 0) is 14.3 Å². The number of carbonyl (C=O) groups excluding carboxylic acids is 3. The molecule has 3 atom stereocenters. The number of nitrogens with one attached hydrogen (secondary N) is 1. The Morgan fingerprint density at radius 3 is 2.29 bits per heavy atom. The number of hydrogen-bond acceptors (Lipinski definition) is 8. The van der Waals surface area contributed by atoms with Crippen LogP contribution in [0.2, 0.25) is 0 Å². The first-order valence-corrected chi connectivity index (χ1v) is 10.8. The van der Waals surface area contributed by atoms with Gasteiger partial charge in [0.05, 0.1) is 7.11 Å². The van der Waals surface area contributed by atoms with Crippen molar-refractivity contribution in [3.8, 4) is 17.2 Å².